The smallest absolute Gasteiger partial charge is 0.225 e. The van der Waals surface area contributed by atoms with Crippen LogP contribution in [0, 0.1) is 5.92 Å². The summed E-state index contributed by atoms with van der Waals surface area (Å²) in [6.07, 6.45) is 9.98. The van der Waals surface area contributed by atoms with E-state index in [1.807, 2.05) is 18.3 Å². The molecule has 0 unspecified atom stereocenters. The van der Waals surface area contributed by atoms with Gasteiger partial charge in [-0.05, 0) is 44.6 Å². The lowest BCUT2D eigenvalue weighted by Gasteiger charge is -2.44. The molecule has 0 radical (unpaired) electrons. The number of carbonyl (C=O) groups is 1. The van der Waals surface area contributed by atoms with Gasteiger partial charge < -0.3 is 15.0 Å². The molecule has 1 N–H and O–H groups in total. The highest BCUT2D eigenvalue weighted by molar-refractivity contribution is 5.79. The molecule has 3 fully saturated rings. The van der Waals surface area contributed by atoms with Crippen LogP contribution in [0.3, 0.4) is 0 Å². The number of amides is 1. The maximum atomic E-state index is 12.9. The van der Waals surface area contributed by atoms with Gasteiger partial charge in [0, 0.05) is 50.2 Å². The van der Waals surface area contributed by atoms with Crippen molar-refractivity contribution in [2.75, 3.05) is 38.6 Å². The molecule has 6 nitrogen and oxygen atoms in total. The van der Waals surface area contributed by atoms with Crippen molar-refractivity contribution in [3.63, 3.8) is 0 Å². The van der Waals surface area contributed by atoms with Crippen LogP contribution in [0.4, 0.5) is 5.69 Å². The number of hydrogen-bond donors (Lipinski definition) is 1. The molecule has 148 valence electrons. The predicted octanol–water partition coefficient (Wildman–Crippen LogP) is 2.76. The van der Waals surface area contributed by atoms with Crippen molar-refractivity contribution in [3.05, 3.63) is 18.3 Å². The number of methoxy groups -OCH3 is 1. The minimum absolute atomic E-state index is 0.215. The zero-order valence-corrected chi connectivity index (χ0v) is 16.4. The third kappa shape index (κ3) is 4.37. The fraction of sp³-hybridized carbons (Fsp3) is 0.714. The molecule has 0 atom stereocenters. The lowest BCUT2D eigenvalue weighted by Crippen LogP contribution is -2.54. The van der Waals surface area contributed by atoms with E-state index in [0.717, 1.165) is 63.6 Å². The van der Waals surface area contributed by atoms with Crippen LogP contribution in [0.15, 0.2) is 18.3 Å². The number of rotatable bonds is 5. The lowest BCUT2D eigenvalue weighted by atomic mass is 9.85. The maximum Gasteiger partial charge on any atom is 0.225 e. The number of ether oxygens (including phenoxy) is 1. The van der Waals surface area contributed by atoms with Crippen LogP contribution < -0.4 is 10.1 Å². The average Bonchev–Trinajstić information content (AvgIpc) is 2.68. The normalized spacial score (nSPS) is 27.1. The zero-order valence-electron chi connectivity index (χ0n) is 16.4. The molecule has 1 saturated heterocycles. The molecule has 1 aromatic rings. The summed E-state index contributed by atoms with van der Waals surface area (Å²) in [4.78, 5) is 21.9. The van der Waals surface area contributed by atoms with E-state index in [1.165, 1.54) is 19.3 Å². The van der Waals surface area contributed by atoms with Crippen LogP contribution in [0.25, 0.3) is 0 Å². The Kier molecular flexibility index (Phi) is 5.81. The highest BCUT2D eigenvalue weighted by Crippen LogP contribution is 2.30. The minimum atomic E-state index is 0.215. The van der Waals surface area contributed by atoms with Gasteiger partial charge in [-0.25, -0.2) is 4.98 Å². The molecule has 0 bridgehead atoms. The Labute approximate surface area is 162 Å². The molecular formula is C21H32N4O2. The van der Waals surface area contributed by atoms with Crippen LogP contribution in [0.1, 0.15) is 44.9 Å². The standard InChI is InChI=1S/C21H32N4O2/c1-27-20-10-9-18(15-22-20)23-17-7-5-16(6-8-17)21(26)25-13-11-24(12-14-25)19-3-2-4-19/h9-10,15-17,19,23H,2-8,11-14H2,1H3. The molecule has 0 aromatic carbocycles. The zero-order chi connectivity index (χ0) is 18.6. The SMILES string of the molecule is COc1ccc(NC2CCC(C(=O)N3CCN(C4CCC4)CC3)CC2)cn1. The Bertz CT molecular complexity index is 616. The monoisotopic (exact) mass is 372 g/mol. The van der Waals surface area contributed by atoms with Gasteiger partial charge in [0.15, 0.2) is 0 Å². The molecule has 2 heterocycles. The highest BCUT2D eigenvalue weighted by atomic mass is 16.5. The number of pyridine rings is 1. The molecule has 1 aromatic heterocycles. The van der Waals surface area contributed by atoms with Gasteiger partial charge in [0.2, 0.25) is 11.8 Å². The number of carbonyl (C=O) groups excluding carboxylic acids is 1. The molecular weight excluding hydrogens is 340 g/mol. The van der Waals surface area contributed by atoms with E-state index in [2.05, 4.69) is 20.1 Å². The average molecular weight is 373 g/mol. The Hall–Kier alpha value is -1.82. The van der Waals surface area contributed by atoms with Crippen LogP contribution in [-0.4, -0.2) is 66.1 Å². The summed E-state index contributed by atoms with van der Waals surface area (Å²) in [5.41, 5.74) is 1.03. The molecule has 1 amide bonds. The van der Waals surface area contributed by atoms with Gasteiger partial charge in [-0.3, -0.25) is 9.69 Å². The third-order valence-corrected chi connectivity index (χ3v) is 6.61. The Morgan fingerprint density at radius 3 is 2.37 bits per heavy atom. The molecule has 0 spiro atoms. The number of hydrogen-bond acceptors (Lipinski definition) is 5. The summed E-state index contributed by atoms with van der Waals surface area (Å²) >= 11 is 0. The topological polar surface area (TPSA) is 57.7 Å². The predicted molar refractivity (Wildman–Crippen MR) is 106 cm³/mol. The minimum Gasteiger partial charge on any atom is -0.481 e. The lowest BCUT2D eigenvalue weighted by molar-refractivity contribution is -0.139. The molecule has 6 heteroatoms. The van der Waals surface area contributed by atoms with Crippen LogP contribution in [-0.2, 0) is 4.79 Å². The van der Waals surface area contributed by atoms with Crippen molar-refractivity contribution in [2.24, 2.45) is 5.92 Å². The highest BCUT2D eigenvalue weighted by Gasteiger charge is 2.33. The molecule has 2 aliphatic carbocycles. The van der Waals surface area contributed by atoms with E-state index in [9.17, 15) is 4.79 Å². The largest absolute Gasteiger partial charge is 0.481 e. The van der Waals surface area contributed by atoms with Gasteiger partial charge in [0.25, 0.3) is 0 Å². The summed E-state index contributed by atoms with van der Waals surface area (Å²) in [6.45, 7) is 3.98. The molecule has 3 aliphatic rings. The molecule has 4 rings (SSSR count). The van der Waals surface area contributed by atoms with Gasteiger partial charge in [-0.1, -0.05) is 6.42 Å². The summed E-state index contributed by atoms with van der Waals surface area (Å²) in [5, 5.41) is 3.55. The van der Waals surface area contributed by atoms with E-state index < -0.39 is 0 Å². The van der Waals surface area contributed by atoms with Crippen molar-refractivity contribution in [2.45, 2.75) is 57.0 Å². The second-order valence-corrected chi connectivity index (χ2v) is 8.23. The summed E-state index contributed by atoms with van der Waals surface area (Å²) in [7, 11) is 1.63. The molecule has 2 saturated carbocycles. The molecule has 27 heavy (non-hydrogen) atoms. The number of anilines is 1. The fourth-order valence-electron chi connectivity index (χ4n) is 4.62. The summed E-state index contributed by atoms with van der Waals surface area (Å²) in [5.74, 6) is 1.24. The first-order valence-corrected chi connectivity index (χ1v) is 10.5. The number of nitrogens with one attached hydrogen (secondary N) is 1. The van der Waals surface area contributed by atoms with E-state index in [-0.39, 0.29) is 5.92 Å². The first kappa shape index (κ1) is 18.5. The van der Waals surface area contributed by atoms with Crippen LogP contribution in [0.5, 0.6) is 5.88 Å². The van der Waals surface area contributed by atoms with E-state index >= 15 is 0 Å². The van der Waals surface area contributed by atoms with Gasteiger partial charge in [0.05, 0.1) is 19.0 Å². The maximum absolute atomic E-state index is 12.9. The first-order chi connectivity index (χ1) is 13.2. The number of aromatic nitrogens is 1. The first-order valence-electron chi connectivity index (χ1n) is 10.5. The van der Waals surface area contributed by atoms with Gasteiger partial charge in [0.1, 0.15) is 0 Å². The van der Waals surface area contributed by atoms with E-state index in [1.54, 1.807) is 7.11 Å². The number of nitrogens with zero attached hydrogens (tertiary/aromatic N) is 3. The van der Waals surface area contributed by atoms with Crippen LogP contribution >= 0.6 is 0 Å². The van der Waals surface area contributed by atoms with Crippen molar-refractivity contribution in [1.29, 1.82) is 0 Å². The second kappa shape index (κ2) is 8.46. The second-order valence-electron chi connectivity index (χ2n) is 8.23. The Morgan fingerprint density at radius 2 is 1.81 bits per heavy atom. The van der Waals surface area contributed by atoms with E-state index in [0.29, 0.717) is 17.8 Å². The third-order valence-electron chi connectivity index (χ3n) is 6.61. The Balaban J connectivity index is 1.21. The fourth-order valence-corrected chi connectivity index (χ4v) is 4.62. The summed E-state index contributed by atoms with van der Waals surface area (Å²) < 4.78 is 5.10. The Morgan fingerprint density at radius 1 is 1.07 bits per heavy atom. The van der Waals surface area contributed by atoms with Gasteiger partial charge in [-0.2, -0.15) is 0 Å². The van der Waals surface area contributed by atoms with Gasteiger partial charge in [-0.15, -0.1) is 0 Å². The van der Waals surface area contributed by atoms with Crippen molar-refractivity contribution in [3.8, 4) is 5.88 Å². The van der Waals surface area contributed by atoms with Gasteiger partial charge >= 0.3 is 0 Å². The summed E-state index contributed by atoms with van der Waals surface area (Å²) in [6, 6.07) is 5.11. The van der Waals surface area contributed by atoms with E-state index in [4.69, 9.17) is 4.74 Å². The van der Waals surface area contributed by atoms with Crippen molar-refractivity contribution >= 4 is 11.6 Å². The molecule has 1 aliphatic heterocycles. The van der Waals surface area contributed by atoms with Crippen molar-refractivity contribution in [1.82, 2.24) is 14.8 Å². The quantitative estimate of drug-likeness (QED) is 0.861. The van der Waals surface area contributed by atoms with Crippen LogP contribution in [0.2, 0.25) is 0 Å². The number of piperazine rings is 1. The van der Waals surface area contributed by atoms with Crippen molar-refractivity contribution < 1.29 is 9.53 Å².